The van der Waals surface area contributed by atoms with Gasteiger partial charge in [-0.2, -0.15) is 0 Å². The Bertz CT molecular complexity index is 344. The highest BCUT2D eigenvalue weighted by Gasteiger charge is 2.55. The number of hydrogen-bond donors (Lipinski definition) is 0. The second-order valence-electron chi connectivity index (χ2n) is 9.72. The molecule has 0 amide bonds. The maximum Gasteiger partial charge on any atom is -0.0261 e. The third-order valence-electron chi connectivity index (χ3n) is 7.73. The molecule has 130 valence electrons. The van der Waals surface area contributed by atoms with E-state index < -0.39 is 0 Å². The van der Waals surface area contributed by atoms with E-state index in [4.69, 9.17) is 0 Å². The molecule has 2 aliphatic rings. The van der Waals surface area contributed by atoms with Crippen molar-refractivity contribution in [3.05, 3.63) is 0 Å². The van der Waals surface area contributed by atoms with Gasteiger partial charge in [0.15, 0.2) is 0 Å². The molecule has 0 bridgehead atoms. The van der Waals surface area contributed by atoms with Gasteiger partial charge in [0.25, 0.3) is 0 Å². The number of hydrogen-bond acceptors (Lipinski definition) is 0. The molecule has 0 heteroatoms. The smallest absolute Gasteiger partial charge is 0.0261 e. The molecular formula is C22H42. The van der Waals surface area contributed by atoms with Crippen LogP contribution in [0.25, 0.3) is 0 Å². The predicted molar refractivity (Wildman–Crippen MR) is 99.0 cm³/mol. The Morgan fingerprint density at radius 1 is 1.05 bits per heavy atom. The molecule has 2 fully saturated rings. The summed E-state index contributed by atoms with van der Waals surface area (Å²) < 4.78 is 0. The highest BCUT2D eigenvalue weighted by Crippen LogP contribution is 2.65. The summed E-state index contributed by atoms with van der Waals surface area (Å²) in [7, 11) is 0. The van der Waals surface area contributed by atoms with Gasteiger partial charge in [0, 0.05) is 0 Å². The summed E-state index contributed by atoms with van der Waals surface area (Å²) >= 11 is 0. The van der Waals surface area contributed by atoms with Crippen LogP contribution in [0, 0.1) is 34.5 Å². The van der Waals surface area contributed by atoms with Crippen LogP contribution in [0.3, 0.4) is 0 Å². The van der Waals surface area contributed by atoms with Gasteiger partial charge in [-0.15, -0.1) is 0 Å². The first kappa shape index (κ1) is 18.3. The lowest BCUT2D eigenvalue weighted by Gasteiger charge is -2.40. The van der Waals surface area contributed by atoms with E-state index in [1.807, 2.05) is 0 Å². The Labute approximate surface area is 140 Å². The first-order valence-corrected chi connectivity index (χ1v) is 10.3. The molecule has 5 unspecified atom stereocenters. The van der Waals surface area contributed by atoms with Gasteiger partial charge in [-0.05, 0) is 66.6 Å². The highest BCUT2D eigenvalue weighted by molar-refractivity contribution is 5.05. The van der Waals surface area contributed by atoms with Crippen LogP contribution in [0.5, 0.6) is 0 Å². The molecule has 0 aromatic carbocycles. The van der Waals surface area contributed by atoms with E-state index in [2.05, 4.69) is 41.5 Å². The van der Waals surface area contributed by atoms with Crippen LogP contribution in [0.4, 0.5) is 0 Å². The summed E-state index contributed by atoms with van der Waals surface area (Å²) in [6.45, 7) is 14.9. The summed E-state index contributed by atoms with van der Waals surface area (Å²) in [5, 5.41) is 0. The monoisotopic (exact) mass is 306 g/mol. The van der Waals surface area contributed by atoms with Crippen molar-refractivity contribution in [1.29, 1.82) is 0 Å². The van der Waals surface area contributed by atoms with Gasteiger partial charge in [-0.1, -0.05) is 73.6 Å². The van der Waals surface area contributed by atoms with Gasteiger partial charge in [0.2, 0.25) is 0 Å². The van der Waals surface area contributed by atoms with Crippen LogP contribution in [0.2, 0.25) is 0 Å². The lowest BCUT2D eigenvalue weighted by molar-refractivity contribution is 0.0999. The second kappa shape index (κ2) is 7.27. The lowest BCUT2D eigenvalue weighted by Crippen LogP contribution is -2.30. The predicted octanol–water partition coefficient (Wildman–Crippen LogP) is 7.47. The van der Waals surface area contributed by atoms with Crippen molar-refractivity contribution in [2.45, 2.75) is 106 Å². The van der Waals surface area contributed by atoms with E-state index in [0.29, 0.717) is 5.41 Å². The summed E-state index contributed by atoms with van der Waals surface area (Å²) in [6.07, 6.45) is 14.8. The Hall–Kier alpha value is 0. The molecule has 1 spiro atoms. The second-order valence-corrected chi connectivity index (χ2v) is 9.72. The zero-order valence-corrected chi connectivity index (χ0v) is 16.4. The summed E-state index contributed by atoms with van der Waals surface area (Å²) in [6, 6.07) is 0. The molecule has 0 aromatic rings. The standard InChI is InChI=1S/C22H42/c1-7-18(5)13-19-11-9-10-12-22(15-20(22)8-2)16-21(6,14-19)17(3)4/h17-20H,7-16H2,1-6H3. The molecular weight excluding hydrogens is 264 g/mol. The lowest BCUT2D eigenvalue weighted by atomic mass is 9.65. The van der Waals surface area contributed by atoms with Crippen LogP contribution in [0.15, 0.2) is 0 Å². The molecule has 2 aliphatic carbocycles. The van der Waals surface area contributed by atoms with Gasteiger partial charge in [-0.25, -0.2) is 0 Å². The third-order valence-corrected chi connectivity index (χ3v) is 7.73. The Morgan fingerprint density at radius 2 is 1.77 bits per heavy atom. The topological polar surface area (TPSA) is 0 Å². The van der Waals surface area contributed by atoms with Gasteiger partial charge in [0.05, 0.1) is 0 Å². The van der Waals surface area contributed by atoms with Crippen molar-refractivity contribution in [3.63, 3.8) is 0 Å². The molecule has 2 rings (SSSR count). The first-order valence-electron chi connectivity index (χ1n) is 10.3. The average molecular weight is 307 g/mol. The first-order chi connectivity index (χ1) is 10.3. The van der Waals surface area contributed by atoms with E-state index in [-0.39, 0.29) is 0 Å². The fourth-order valence-corrected chi connectivity index (χ4v) is 5.54. The maximum atomic E-state index is 2.64. The minimum absolute atomic E-state index is 0.576. The summed E-state index contributed by atoms with van der Waals surface area (Å²) in [5.74, 6) is 3.79. The minimum Gasteiger partial charge on any atom is -0.0651 e. The van der Waals surface area contributed by atoms with E-state index in [9.17, 15) is 0 Å². The van der Waals surface area contributed by atoms with Gasteiger partial charge < -0.3 is 0 Å². The summed E-state index contributed by atoms with van der Waals surface area (Å²) in [5.41, 5.74) is 1.32. The molecule has 0 radical (unpaired) electrons. The van der Waals surface area contributed by atoms with Crippen LogP contribution < -0.4 is 0 Å². The fraction of sp³-hybridized carbons (Fsp3) is 1.00. The molecule has 0 nitrogen and oxygen atoms in total. The number of rotatable bonds is 5. The highest BCUT2D eigenvalue weighted by atomic mass is 14.6. The van der Waals surface area contributed by atoms with Crippen molar-refractivity contribution < 1.29 is 0 Å². The van der Waals surface area contributed by atoms with Gasteiger partial charge in [-0.3, -0.25) is 0 Å². The fourth-order valence-electron chi connectivity index (χ4n) is 5.54. The molecule has 0 saturated heterocycles. The minimum atomic E-state index is 0.576. The van der Waals surface area contributed by atoms with Crippen LogP contribution >= 0.6 is 0 Å². The molecule has 0 heterocycles. The Kier molecular flexibility index (Phi) is 6.06. The molecule has 22 heavy (non-hydrogen) atoms. The van der Waals surface area contributed by atoms with E-state index in [1.165, 1.54) is 57.8 Å². The van der Waals surface area contributed by atoms with E-state index >= 15 is 0 Å². The van der Waals surface area contributed by atoms with Crippen molar-refractivity contribution in [2.24, 2.45) is 34.5 Å². The normalized spacial score (nSPS) is 41.0. The molecule has 0 aliphatic heterocycles. The Morgan fingerprint density at radius 3 is 2.32 bits per heavy atom. The van der Waals surface area contributed by atoms with E-state index in [0.717, 1.165) is 29.1 Å². The molecule has 2 saturated carbocycles. The van der Waals surface area contributed by atoms with Crippen LogP contribution in [-0.2, 0) is 0 Å². The van der Waals surface area contributed by atoms with Crippen LogP contribution in [0.1, 0.15) is 106 Å². The molecule has 0 aromatic heterocycles. The van der Waals surface area contributed by atoms with Crippen molar-refractivity contribution in [3.8, 4) is 0 Å². The van der Waals surface area contributed by atoms with Gasteiger partial charge in [0.1, 0.15) is 0 Å². The summed E-state index contributed by atoms with van der Waals surface area (Å²) in [4.78, 5) is 0. The maximum absolute atomic E-state index is 2.64. The van der Waals surface area contributed by atoms with Crippen molar-refractivity contribution in [1.82, 2.24) is 0 Å². The molecule has 5 atom stereocenters. The third kappa shape index (κ3) is 4.09. The zero-order valence-electron chi connectivity index (χ0n) is 16.4. The SMILES string of the molecule is CCC(C)CC1CCCCC2(CC2CC)CC(C)(C(C)C)C1. The molecule has 0 N–H and O–H groups in total. The average Bonchev–Trinajstić information content (AvgIpc) is 3.13. The van der Waals surface area contributed by atoms with Gasteiger partial charge >= 0.3 is 0 Å². The largest absolute Gasteiger partial charge is 0.0651 e. The zero-order chi connectivity index (χ0) is 16.4. The van der Waals surface area contributed by atoms with Crippen molar-refractivity contribution >= 4 is 0 Å². The van der Waals surface area contributed by atoms with Crippen LogP contribution in [-0.4, -0.2) is 0 Å². The Balaban J connectivity index is 2.13. The quantitative estimate of drug-likeness (QED) is 0.494. The van der Waals surface area contributed by atoms with E-state index in [1.54, 1.807) is 6.42 Å². The van der Waals surface area contributed by atoms with Crippen molar-refractivity contribution in [2.75, 3.05) is 0 Å².